The predicted molar refractivity (Wildman–Crippen MR) is 129 cm³/mol. The first-order valence-electron chi connectivity index (χ1n) is 11.4. The van der Waals surface area contributed by atoms with Crippen LogP contribution in [-0.2, 0) is 10.0 Å². The third kappa shape index (κ3) is 5.78. The lowest BCUT2D eigenvalue weighted by Gasteiger charge is -2.26. The molecule has 1 fully saturated rings. The molecule has 2 N–H and O–H groups in total. The van der Waals surface area contributed by atoms with Crippen LogP contribution >= 0.6 is 0 Å². The molecule has 180 valence electrons. The summed E-state index contributed by atoms with van der Waals surface area (Å²) in [5.74, 6) is 1.22. The molecule has 0 bridgehead atoms. The van der Waals surface area contributed by atoms with Crippen LogP contribution in [0.2, 0.25) is 0 Å². The number of carbonyl (C=O) groups is 1. The van der Waals surface area contributed by atoms with Gasteiger partial charge in [0, 0.05) is 17.8 Å². The lowest BCUT2D eigenvalue weighted by atomic mass is 10.1. The third-order valence-corrected chi connectivity index (χ3v) is 7.15. The van der Waals surface area contributed by atoms with Gasteiger partial charge >= 0.3 is 0 Å². The Morgan fingerprint density at radius 1 is 1.06 bits per heavy atom. The van der Waals surface area contributed by atoms with Gasteiger partial charge in [-0.1, -0.05) is 0 Å². The summed E-state index contributed by atoms with van der Waals surface area (Å²) in [6.07, 6.45) is 3.92. The molecule has 1 saturated heterocycles. The zero-order valence-corrected chi connectivity index (χ0v) is 19.9. The average Bonchev–Trinajstić information content (AvgIpc) is 3.55. The molecule has 0 spiro atoms. The monoisotopic (exact) mass is 483 g/mol. The van der Waals surface area contributed by atoms with E-state index in [2.05, 4.69) is 14.9 Å². The highest BCUT2D eigenvalue weighted by atomic mass is 32.2. The van der Waals surface area contributed by atoms with Crippen LogP contribution in [0.5, 0.6) is 5.75 Å². The number of benzene rings is 2. The summed E-state index contributed by atoms with van der Waals surface area (Å²) >= 11 is 0. The van der Waals surface area contributed by atoms with Crippen LogP contribution in [0.25, 0.3) is 0 Å². The molecule has 0 saturated carbocycles. The van der Waals surface area contributed by atoms with E-state index in [1.165, 1.54) is 12.1 Å². The molecule has 34 heavy (non-hydrogen) atoms. The fraction of sp³-hybridized carbons (Fsp3) is 0.320. The number of hydrogen-bond donors (Lipinski definition) is 2. The number of nitrogens with zero attached hydrogens (tertiary/aromatic N) is 1. The van der Waals surface area contributed by atoms with E-state index in [9.17, 15) is 13.2 Å². The second-order valence-corrected chi connectivity index (χ2v) is 9.75. The first kappa shape index (κ1) is 23.8. The zero-order chi connectivity index (χ0) is 24.0. The number of ether oxygens (including phenoxy) is 1. The molecule has 1 aliphatic rings. The maximum absolute atomic E-state index is 12.7. The summed E-state index contributed by atoms with van der Waals surface area (Å²) in [5, 5.41) is 2.98. The van der Waals surface area contributed by atoms with Crippen LogP contribution in [0.4, 0.5) is 5.69 Å². The van der Waals surface area contributed by atoms with E-state index in [1.54, 1.807) is 42.7 Å². The smallest absolute Gasteiger partial charge is 0.261 e. The Bertz CT molecular complexity index is 1170. The van der Waals surface area contributed by atoms with Crippen molar-refractivity contribution in [1.82, 2.24) is 10.2 Å². The van der Waals surface area contributed by atoms with Gasteiger partial charge in [-0.15, -0.1) is 0 Å². The van der Waals surface area contributed by atoms with Crippen molar-refractivity contribution in [2.45, 2.75) is 30.7 Å². The van der Waals surface area contributed by atoms with Crippen LogP contribution < -0.4 is 14.8 Å². The number of carbonyl (C=O) groups excluding carboxylic acids is 1. The molecular weight excluding hydrogens is 454 g/mol. The summed E-state index contributed by atoms with van der Waals surface area (Å²) in [4.78, 5) is 15.2. The van der Waals surface area contributed by atoms with E-state index in [1.807, 2.05) is 19.1 Å². The molecule has 0 radical (unpaired) electrons. The molecule has 1 unspecified atom stereocenters. The topological polar surface area (TPSA) is 101 Å². The van der Waals surface area contributed by atoms with Crippen molar-refractivity contribution in [2.75, 3.05) is 31.0 Å². The number of anilines is 1. The second kappa shape index (κ2) is 10.8. The first-order valence-corrected chi connectivity index (χ1v) is 12.9. The van der Waals surface area contributed by atoms with Crippen molar-refractivity contribution in [3.8, 4) is 5.75 Å². The summed E-state index contributed by atoms with van der Waals surface area (Å²) in [6, 6.07) is 16.3. The third-order valence-electron chi connectivity index (χ3n) is 5.75. The summed E-state index contributed by atoms with van der Waals surface area (Å²) in [5.41, 5.74) is 0.819. The predicted octanol–water partition coefficient (Wildman–Crippen LogP) is 4.05. The Morgan fingerprint density at radius 2 is 1.76 bits per heavy atom. The number of sulfonamides is 1. The number of hydrogen-bond acceptors (Lipinski definition) is 6. The fourth-order valence-electron chi connectivity index (χ4n) is 4.02. The molecule has 2 aromatic carbocycles. The zero-order valence-electron chi connectivity index (χ0n) is 19.1. The van der Waals surface area contributed by atoms with Gasteiger partial charge in [-0.25, -0.2) is 8.42 Å². The number of rotatable bonds is 10. The molecule has 0 aliphatic carbocycles. The van der Waals surface area contributed by atoms with Crippen LogP contribution in [-0.4, -0.2) is 45.5 Å². The molecule has 4 rings (SSSR count). The highest BCUT2D eigenvalue weighted by molar-refractivity contribution is 7.92. The number of likely N-dealkylation sites (tertiary alicyclic amines) is 1. The van der Waals surface area contributed by atoms with Gasteiger partial charge in [0.05, 0.1) is 23.8 Å². The van der Waals surface area contributed by atoms with Gasteiger partial charge in [0.2, 0.25) is 0 Å². The number of furan rings is 1. The number of amides is 1. The molecule has 2 heterocycles. The summed E-state index contributed by atoms with van der Waals surface area (Å²) in [6.45, 7) is 4.75. The second-order valence-electron chi connectivity index (χ2n) is 8.07. The van der Waals surface area contributed by atoms with E-state index < -0.39 is 10.0 Å². The van der Waals surface area contributed by atoms with Crippen molar-refractivity contribution >= 4 is 21.6 Å². The van der Waals surface area contributed by atoms with Gasteiger partial charge in [0.1, 0.15) is 11.5 Å². The maximum Gasteiger partial charge on any atom is 0.261 e. The Balaban J connectivity index is 1.37. The first-order chi connectivity index (χ1) is 16.5. The lowest BCUT2D eigenvalue weighted by molar-refractivity contribution is 0.0934. The van der Waals surface area contributed by atoms with Gasteiger partial charge in [-0.3, -0.25) is 14.4 Å². The van der Waals surface area contributed by atoms with E-state index in [-0.39, 0.29) is 16.8 Å². The van der Waals surface area contributed by atoms with Crippen molar-refractivity contribution in [3.63, 3.8) is 0 Å². The van der Waals surface area contributed by atoms with Crippen molar-refractivity contribution < 1.29 is 22.4 Å². The molecule has 1 aliphatic heterocycles. The lowest BCUT2D eigenvalue weighted by Crippen LogP contribution is -2.36. The Kier molecular flexibility index (Phi) is 7.54. The van der Waals surface area contributed by atoms with E-state index in [0.717, 1.165) is 31.7 Å². The molecular formula is C25H29N3O5S. The van der Waals surface area contributed by atoms with Gasteiger partial charge in [-0.05, 0) is 93.5 Å². The van der Waals surface area contributed by atoms with E-state index in [4.69, 9.17) is 9.15 Å². The van der Waals surface area contributed by atoms with E-state index in [0.29, 0.717) is 30.2 Å². The molecule has 9 heteroatoms. The highest BCUT2D eigenvalue weighted by Gasteiger charge is 2.26. The maximum atomic E-state index is 12.7. The van der Waals surface area contributed by atoms with Crippen molar-refractivity contribution in [2.24, 2.45) is 0 Å². The Morgan fingerprint density at radius 3 is 2.38 bits per heavy atom. The normalized spacial score (nSPS) is 15.1. The molecule has 1 aromatic heterocycles. The van der Waals surface area contributed by atoms with Crippen LogP contribution in [0.1, 0.15) is 41.9 Å². The highest BCUT2D eigenvalue weighted by Crippen LogP contribution is 2.25. The van der Waals surface area contributed by atoms with Crippen LogP contribution in [0, 0.1) is 0 Å². The molecule has 3 aromatic rings. The molecule has 1 atom stereocenters. The van der Waals surface area contributed by atoms with Crippen LogP contribution in [0.15, 0.2) is 76.2 Å². The van der Waals surface area contributed by atoms with Gasteiger partial charge < -0.3 is 14.5 Å². The van der Waals surface area contributed by atoms with Crippen LogP contribution in [0.3, 0.4) is 0 Å². The van der Waals surface area contributed by atoms with Gasteiger partial charge in [0.15, 0.2) is 0 Å². The standard InChI is InChI=1S/C25H29N3O5S/c1-2-32-21-11-13-22(14-12-21)34(30,31)27-20-9-7-19(8-10-20)25(29)26-18-23(24-6-5-17-33-24)28-15-3-4-16-28/h5-14,17,23,27H,2-4,15-16,18H2,1H3,(H,26,29). The summed E-state index contributed by atoms with van der Waals surface area (Å²) in [7, 11) is -3.76. The number of nitrogens with one attached hydrogen (secondary N) is 2. The average molecular weight is 484 g/mol. The van der Waals surface area contributed by atoms with E-state index >= 15 is 0 Å². The minimum Gasteiger partial charge on any atom is -0.494 e. The summed E-state index contributed by atoms with van der Waals surface area (Å²) < 4.78 is 38.8. The fourth-order valence-corrected chi connectivity index (χ4v) is 5.08. The quantitative estimate of drug-likeness (QED) is 0.451. The molecule has 1 amide bonds. The van der Waals surface area contributed by atoms with Gasteiger partial charge in [0.25, 0.3) is 15.9 Å². The largest absolute Gasteiger partial charge is 0.494 e. The molecule has 8 nitrogen and oxygen atoms in total. The Hall–Kier alpha value is -3.30. The van der Waals surface area contributed by atoms with Gasteiger partial charge in [-0.2, -0.15) is 0 Å². The minimum absolute atomic E-state index is 0.0124. The van der Waals surface area contributed by atoms with Crippen molar-refractivity contribution in [3.05, 3.63) is 78.3 Å². The Labute approximate surface area is 200 Å². The minimum atomic E-state index is -3.76. The SMILES string of the molecule is CCOc1ccc(S(=O)(=O)Nc2ccc(C(=O)NCC(c3ccco3)N3CCCC3)cc2)cc1. The van der Waals surface area contributed by atoms with Crippen molar-refractivity contribution in [1.29, 1.82) is 0 Å².